The Morgan fingerprint density at radius 1 is 1.37 bits per heavy atom. The minimum Gasteiger partial charge on any atom is -0.319 e. The molecule has 0 saturated carbocycles. The van der Waals surface area contributed by atoms with Gasteiger partial charge in [-0.25, -0.2) is 4.79 Å². The monoisotopic (exact) mass is 271 g/mol. The van der Waals surface area contributed by atoms with Crippen LogP contribution in [0.4, 0.5) is 13.2 Å². The highest BCUT2D eigenvalue weighted by molar-refractivity contribution is 5.81. The lowest BCUT2D eigenvalue weighted by Gasteiger charge is -2.09. The van der Waals surface area contributed by atoms with Crippen LogP contribution in [0.3, 0.4) is 0 Å². The van der Waals surface area contributed by atoms with Crippen LogP contribution >= 0.6 is 0 Å². The van der Waals surface area contributed by atoms with Gasteiger partial charge in [0.05, 0.1) is 11.1 Å². The molecule has 1 heterocycles. The number of rotatable bonds is 3. The molecule has 7 heteroatoms. The van der Waals surface area contributed by atoms with Crippen LogP contribution in [0.25, 0.3) is 10.9 Å². The molecule has 1 aromatic heterocycles. The summed E-state index contributed by atoms with van der Waals surface area (Å²) in [4.78, 5) is 17.5. The van der Waals surface area contributed by atoms with E-state index in [-0.39, 0.29) is 5.52 Å². The largest absolute Gasteiger partial charge is 0.416 e. The fourth-order valence-electron chi connectivity index (χ4n) is 1.84. The van der Waals surface area contributed by atoms with E-state index in [1.165, 1.54) is 6.07 Å². The Hall–Kier alpha value is -1.89. The van der Waals surface area contributed by atoms with Crippen LogP contribution in [0.1, 0.15) is 11.3 Å². The van der Waals surface area contributed by atoms with Crippen LogP contribution < -0.4 is 11.0 Å². The summed E-state index contributed by atoms with van der Waals surface area (Å²) in [5.41, 5.74) is -0.807. The first kappa shape index (κ1) is 13.5. The van der Waals surface area contributed by atoms with Crippen molar-refractivity contribution in [3.05, 3.63) is 39.9 Å². The molecule has 0 aliphatic carbocycles. The number of halogens is 3. The van der Waals surface area contributed by atoms with E-state index in [9.17, 15) is 18.0 Å². The average Bonchev–Trinajstić information content (AvgIpc) is 2.33. The van der Waals surface area contributed by atoms with Gasteiger partial charge in [-0.1, -0.05) is 6.07 Å². The Bertz CT molecular complexity index is 649. The van der Waals surface area contributed by atoms with Crippen molar-refractivity contribution in [3.63, 3.8) is 0 Å². The van der Waals surface area contributed by atoms with Gasteiger partial charge >= 0.3 is 11.9 Å². The summed E-state index contributed by atoms with van der Waals surface area (Å²) in [7, 11) is 1.75. The van der Waals surface area contributed by atoms with Gasteiger partial charge in [0.2, 0.25) is 0 Å². The van der Waals surface area contributed by atoms with Crippen molar-refractivity contribution in [2.24, 2.45) is 0 Å². The van der Waals surface area contributed by atoms with E-state index < -0.39 is 17.4 Å². The molecule has 0 unspecified atom stereocenters. The fraction of sp³-hybridized carbons (Fsp3) is 0.333. The van der Waals surface area contributed by atoms with Crippen molar-refractivity contribution in [2.45, 2.75) is 12.6 Å². The number of fused-ring (bicyclic) bond motifs is 1. The van der Waals surface area contributed by atoms with Crippen LogP contribution in [-0.4, -0.2) is 23.6 Å². The van der Waals surface area contributed by atoms with Crippen LogP contribution in [0.5, 0.6) is 0 Å². The molecule has 0 bridgehead atoms. The molecular formula is C12H12F3N3O. The molecule has 0 atom stereocenters. The summed E-state index contributed by atoms with van der Waals surface area (Å²) in [6.45, 7) is 0.607. The van der Waals surface area contributed by atoms with Crippen LogP contribution in [0, 0.1) is 0 Å². The second kappa shape index (κ2) is 5.00. The quantitative estimate of drug-likeness (QED) is 0.893. The van der Waals surface area contributed by atoms with Crippen LogP contribution in [0.2, 0.25) is 0 Å². The molecule has 4 nitrogen and oxygen atoms in total. The maximum atomic E-state index is 12.6. The molecule has 0 aliphatic rings. The topological polar surface area (TPSA) is 57.8 Å². The van der Waals surface area contributed by atoms with Crippen molar-refractivity contribution in [1.82, 2.24) is 15.3 Å². The minimum atomic E-state index is -4.44. The summed E-state index contributed by atoms with van der Waals surface area (Å²) in [5.74, 6) is 0. The standard InChI is InChI=1S/C12H12F3N3O/c1-16-5-4-9-8-3-2-7(12(13,14)15)6-10(8)18-11(19)17-9/h2-3,6,16H,4-5H2,1H3,(H,17,18,19). The van der Waals surface area contributed by atoms with E-state index >= 15 is 0 Å². The minimum absolute atomic E-state index is 0.0599. The van der Waals surface area contributed by atoms with E-state index in [1.807, 2.05) is 0 Å². The summed E-state index contributed by atoms with van der Waals surface area (Å²) < 4.78 is 37.8. The first-order chi connectivity index (χ1) is 8.91. The molecule has 19 heavy (non-hydrogen) atoms. The van der Waals surface area contributed by atoms with E-state index in [0.29, 0.717) is 24.0 Å². The second-order valence-electron chi connectivity index (χ2n) is 4.10. The van der Waals surface area contributed by atoms with Crippen molar-refractivity contribution in [2.75, 3.05) is 13.6 Å². The Morgan fingerprint density at radius 2 is 2.11 bits per heavy atom. The third-order valence-corrected chi connectivity index (χ3v) is 2.75. The number of H-pyrrole nitrogens is 1. The molecule has 0 aliphatic heterocycles. The highest BCUT2D eigenvalue weighted by atomic mass is 19.4. The summed E-state index contributed by atoms with van der Waals surface area (Å²) in [5, 5.41) is 3.44. The zero-order valence-electron chi connectivity index (χ0n) is 10.1. The summed E-state index contributed by atoms with van der Waals surface area (Å²) >= 11 is 0. The van der Waals surface area contributed by atoms with E-state index in [4.69, 9.17) is 0 Å². The predicted molar refractivity (Wildman–Crippen MR) is 65.0 cm³/mol. The number of hydrogen-bond acceptors (Lipinski definition) is 3. The number of benzene rings is 1. The number of likely N-dealkylation sites (N-methyl/N-ethyl adjacent to an activating group) is 1. The smallest absolute Gasteiger partial charge is 0.319 e. The van der Waals surface area contributed by atoms with Gasteiger partial charge in [0.25, 0.3) is 0 Å². The molecule has 0 amide bonds. The zero-order chi connectivity index (χ0) is 14.0. The zero-order valence-corrected chi connectivity index (χ0v) is 10.1. The Labute approximate surface area is 106 Å². The molecular weight excluding hydrogens is 259 g/mol. The number of nitrogens with zero attached hydrogens (tertiary/aromatic N) is 1. The van der Waals surface area contributed by atoms with Gasteiger partial charge in [-0.05, 0) is 19.2 Å². The van der Waals surface area contributed by atoms with Gasteiger partial charge in [0, 0.05) is 24.0 Å². The highest BCUT2D eigenvalue weighted by Gasteiger charge is 2.30. The first-order valence-corrected chi connectivity index (χ1v) is 5.66. The molecule has 2 N–H and O–H groups in total. The Kier molecular flexibility index (Phi) is 3.57. The molecule has 0 saturated heterocycles. The third kappa shape index (κ3) is 2.93. The lowest BCUT2D eigenvalue weighted by Crippen LogP contribution is -2.18. The maximum Gasteiger partial charge on any atom is 0.416 e. The van der Waals surface area contributed by atoms with Crippen molar-refractivity contribution < 1.29 is 13.2 Å². The predicted octanol–water partition coefficient (Wildman–Crippen LogP) is 1.70. The Morgan fingerprint density at radius 3 is 2.74 bits per heavy atom. The van der Waals surface area contributed by atoms with Gasteiger partial charge < -0.3 is 10.3 Å². The summed E-state index contributed by atoms with van der Waals surface area (Å²) in [6, 6.07) is 3.23. The molecule has 2 aromatic rings. The van der Waals surface area contributed by atoms with Gasteiger partial charge in [0.1, 0.15) is 0 Å². The SMILES string of the molecule is CNCCc1[nH]c(=O)nc2cc(C(F)(F)F)ccc12. The number of aromatic amines is 1. The fourth-order valence-corrected chi connectivity index (χ4v) is 1.84. The van der Waals surface area contributed by atoms with Crippen molar-refractivity contribution in [1.29, 1.82) is 0 Å². The summed E-state index contributed by atoms with van der Waals surface area (Å²) in [6.07, 6.45) is -3.93. The lowest BCUT2D eigenvalue weighted by atomic mass is 10.1. The Balaban J connectivity index is 2.58. The van der Waals surface area contributed by atoms with E-state index in [1.54, 1.807) is 7.05 Å². The number of nitrogens with one attached hydrogen (secondary N) is 2. The number of aromatic nitrogens is 2. The molecule has 0 radical (unpaired) electrons. The average molecular weight is 271 g/mol. The molecule has 1 aromatic carbocycles. The second-order valence-corrected chi connectivity index (χ2v) is 4.10. The number of alkyl halides is 3. The molecule has 0 spiro atoms. The molecule has 0 fully saturated rings. The number of hydrogen-bond donors (Lipinski definition) is 2. The van der Waals surface area contributed by atoms with Crippen molar-refractivity contribution in [3.8, 4) is 0 Å². The third-order valence-electron chi connectivity index (χ3n) is 2.75. The van der Waals surface area contributed by atoms with Crippen molar-refractivity contribution >= 4 is 10.9 Å². The van der Waals surface area contributed by atoms with Gasteiger partial charge in [0.15, 0.2) is 0 Å². The van der Waals surface area contributed by atoms with Gasteiger partial charge in [-0.3, -0.25) is 0 Å². The molecule has 102 valence electrons. The van der Waals surface area contributed by atoms with E-state index in [0.717, 1.165) is 12.1 Å². The normalized spacial score (nSPS) is 12.0. The maximum absolute atomic E-state index is 12.6. The van der Waals surface area contributed by atoms with E-state index in [2.05, 4.69) is 15.3 Å². The lowest BCUT2D eigenvalue weighted by molar-refractivity contribution is -0.137. The molecule has 2 rings (SSSR count). The highest BCUT2D eigenvalue weighted by Crippen LogP contribution is 2.31. The van der Waals surface area contributed by atoms with Gasteiger partial charge in [-0.2, -0.15) is 18.2 Å². The van der Waals surface area contributed by atoms with Crippen LogP contribution in [-0.2, 0) is 12.6 Å². The van der Waals surface area contributed by atoms with Gasteiger partial charge in [-0.15, -0.1) is 0 Å². The van der Waals surface area contributed by atoms with Crippen LogP contribution in [0.15, 0.2) is 23.0 Å². The first-order valence-electron chi connectivity index (χ1n) is 5.66.